The van der Waals surface area contributed by atoms with E-state index in [0.29, 0.717) is 5.92 Å². The topological polar surface area (TPSA) is 35.5 Å². The Morgan fingerprint density at radius 2 is 1.67 bits per heavy atom. The molecule has 0 amide bonds. The molecule has 3 heteroatoms. The Kier molecular flexibility index (Phi) is 4.90. The van der Waals surface area contributed by atoms with Crippen LogP contribution in [0.2, 0.25) is 0 Å². The molecule has 0 aromatic carbocycles. The standard InChI is InChI=1S/C9H18O3/c1-6(2)8(11-4)7(3)9(10)12-5/h6-8H,1-5H3/t7-,8+/m1/s1. The van der Waals surface area contributed by atoms with Crippen molar-refractivity contribution in [2.75, 3.05) is 14.2 Å². The summed E-state index contributed by atoms with van der Waals surface area (Å²) in [5.74, 6) is -0.0837. The van der Waals surface area contributed by atoms with E-state index in [1.165, 1.54) is 7.11 Å². The third-order valence-electron chi connectivity index (χ3n) is 2.00. The SMILES string of the molecule is COC(=O)[C@H](C)[C@@H](OC)C(C)C. The Bertz CT molecular complexity index is 143. The lowest BCUT2D eigenvalue weighted by Crippen LogP contribution is -2.32. The van der Waals surface area contributed by atoms with Gasteiger partial charge in [-0.05, 0) is 12.8 Å². The molecule has 0 bridgehead atoms. The van der Waals surface area contributed by atoms with Gasteiger partial charge in [0.2, 0.25) is 0 Å². The quantitative estimate of drug-likeness (QED) is 0.605. The molecule has 0 N–H and O–H groups in total. The number of hydrogen-bond acceptors (Lipinski definition) is 3. The van der Waals surface area contributed by atoms with Gasteiger partial charge in [-0.2, -0.15) is 0 Å². The van der Waals surface area contributed by atoms with Crippen molar-refractivity contribution in [3.63, 3.8) is 0 Å². The summed E-state index contributed by atoms with van der Waals surface area (Å²) in [6.07, 6.45) is -0.0579. The Hall–Kier alpha value is -0.570. The lowest BCUT2D eigenvalue weighted by atomic mass is 9.95. The van der Waals surface area contributed by atoms with Gasteiger partial charge in [-0.25, -0.2) is 0 Å². The second kappa shape index (κ2) is 5.14. The van der Waals surface area contributed by atoms with Crippen molar-refractivity contribution in [3.8, 4) is 0 Å². The number of carbonyl (C=O) groups excluding carboxylic acids is 1. The van der Waals surface area contributed by atoms with E-state index in [2.05, 4.69) is 4.74 Å². The Balaban J connectivity index is 4.20. The molecule has 0 aromatic rings. The minimum absolute atomic E-state index is 0.0579. The van der Waals surface area contributed by atoms with E-state index >= 15 is 0 Å². The zero-order chi connectivity index (χ0) is 9.72. The van der Waals surface area contributed by atoms with Gasteiger partial charge in [0.25, 0.3) is 0 Å². The molecule has 0 aromatic heterocycles. The van der Waals surface area contributed by atoms with E-state index in [-0.39, 0.29) is 18.0 Å². The van der Waals surface area contributed by atoms with E-state index in [1.54, 1.807) is 7.11 Å². The molecule has 2 atom stereocenters. The molecule has 0 heterocycles. The number of rotatable bonds is 4. The van der Waals surface area contributed by atoms with Gasteiger partial charge in [0, 0.05) is 7.11 Å². The second-order valence-corrected chi connectivity index (χ2v) is 3.26. The molecule has 72 valence electrons. The fourth-order valence-corrected chi connectivity index (χ4v) is 1.37. The van der Waals surface area contributed by atoms with Gasteiger partial charge in [0.1, 0.15) is 0 Å². The third-order valence-corrected chi connectivity index (χ3v) is 2.00. The second-order valence-electron chi connectivity index (χ2n) is 3.26. The van der Waals surface area contributed by atoms with Gasteiger partial charge in [-0.15, -0.1) is 0 Å². The maximum atomic E-state index is 11.1. The van der Waals surface area contributed by atoms with E-state index in [0.717, 1.165) is 0 Å². The fourth-order valence-electron chi connectivity index (χ4n) is 1.37. The predicted molar refractivity (Wildman–Crippen MR) is 46.8 cm³/mol. The minimum Gasteiger partial charge on any atom is -0.469 e. The van der Waals surface area contributed by atoms with Crippen LogP contribution in [-0.4, -0.2) is 26.3 Å². The molecule has 0 radical (unpaired) electrons. The lowest BCUT2D eigenvalue weighted by Gasteiger charge is -2.23. The summed E-state index contributed by atoms with van der Waals surface area (Å²) >= 11 is 0. The summed E-state index contributed by atoms with van der Waals surface area (Å²) in [6, 6.07) is 0. The molecule has 0 spiro atoms. The monoisotopic (exact) mass is 174 g/mol. The largest absolute Gasteiger partial charge is 0.469 e. The first-order valence-corrected chi connectivity index (χ1v) is 4.15. The van der Waals surface area contributed by atoms with Crippen LogP contribution in [0.3, 0.4) is 0 Å². The van der Waals surface area contributed by atoms with Crippen molar-refractivity contribution in [2.45, 2.75) is 26.9 Å². The average Bonchev–Trinajstić information content (AvgIpc) is 2.03. The highest BCUT2D eigenvalue weighted by Gasteiger charge is 2.26. The maximum Gasteiger partial charge on any atom is 0.311 e. The first-order chi connectivity index (χ1) is 5.54. The summed E-state index contributed by atoms with van der Waals surface area (Å²) in [4.78, 5) is 11.1. The van der Waals surface area contributed by atoms with Crippen LogP contribution >= 0.6 is 0 Å². The van der Waals surface area contributed by atoms with Crippen LogP contribution in [0.25, 0.3) is 0 Å². The van der Waals surface area contributed by atoms with Crippen molar-refractivity contribution >= 4 is 5.97 Å². The summed E-state index contributed by atoms with van der Waals surface area (Å²) in [5, 5.41) is 0. The van der Waals surface area contributed by atoms with Crippen LogP contribution < -0.4 is 0 Å². The van der Waals surface area contributed by atoms with Crippen LogP contribution in [-0.2, 0) is 14.3 Å². The molecule has 12 heavy (non-hydrogen) atoms. The number of esters is 1. The Morgan fingerprint density at radius 1 is 1.17 bits per heavy atom. The molecule has 3 nitrogen and oxygen atoms in total. The first-order valence-electron chi connectivity index (χ1n) is 4.15. The molecule has 0 fully saturated rings. The van der Waals surface area contributed by atoms with Crippen molar-refractivity contribution < 1.29 is 14.3 Å². The number of hydrogen-bond donors (Lipinski definition) is 0. The highest BCUT2D eigenvalue weighted by Crippen LogP contribution is 2.16. The molecule has 0 aliphatic rings. The fraction of sp³-hybridized carbons (Fsp3) is 0.889. The van der Waals surface area contributed by atoms with Crippen LogP contribution in [0.15, 0.2) is 0 Å². The molecule has 0 aliphatic heterocycles. The van der Waals surface area contributed by atoms with Crippen LogP contribution in [0, 0.1) is 11.8 Å². The third kappa shape index (κ3) is 2.81. The Labute approximate surface area is 74.0 Å². The van der Waals surface area contributed by atoms with Gasteiger partial charge >= 0.3 is 5.97 Å². The maximum absolute atomic E-state index is 11.1. The lowest BCUT2D eigenvalue weighted by molar-refractivity contribution is -0.150. The van der Waals surface area contributed by atoms with Gasteiger partial charge in [0.15, 0.2) is 0 Å². The van der Waals surface area contributed by atoms with E-state index < -0.39 is 0 Å². The smallest absolute Gasteiger partial charge is 0.311 e. The van der Waals surface area contributed by atoms with Crippen LogP contribution in [0.4, 0.5) is 0 Å². The number of methoxy groups -OCH3 is 2. The highest BCUT2D eigenvalue weighted by molar-refractivity contribution is 5.72. The molecular weight excluding hydrogens is 156 g/mol. The zero-order valence-corrected chi connectivity index (χ0v) is 8.46. The Morgan fingerprint density at radius 3 is 1.92 bits per heavy atom. The molecule has 0 unspecified atom stereocenters. The van der Waals surface area contributed by atoms with E-state index in [4.69, 9.17) is 4.74 Å². The molecule has 0 saturated carbocycles. The summed E-state index contributed by atoms with van der Waals surface area (Å²) in [6.45, 7) is 5.86. The minimum atomic E-state index is -0.212. The van der Waals surface area contributed by atoms with Crippen LogP contribution in [0.1, 0.15) is 20.8 Å². The van der Waals surface area contributed by atoms with E-state index in [9.17, 15) is 4.79 Å². The van der Waals surface area contributed by atoms with Crippen molar-refractivity contribution in [3.05, 3.63) is 0 Å². The molecule has 0 aliphatic carbocycles. The summed E-state index contributed by atoms with van der Waals surface area (Å²) in [5.41, 5.74) is 0. The zero-order valence-electron chi connectivity index (χ0n) is 8.46. The van der Waals surface area contributed by atoms with Crippen molar-refractivity contribution in [2.24, 2.45) is 11.8 Å². The molecular formula is C9H18O3. The highest BCUT2D eigenvalue weighted by atomic mass is 16.5. The molecule has 0 rings (SSSR count). The van der Waals surface area contributed by atoms with Gasteiger partial charge in [-0.1, -0.05) is 13.8 Å². The normalized spacial score (nSPS) is 15.8. The summed E-state index contributed by atoms with van der Waals surface area (Å²) < 4.78 is 9.82. The van der Waals surface area contributed by atoms with E-state index in [1.807, 2.05) is 20.8 Å². The van der Waals surface area contributed by atoms with Gasteiger partial charge in [0.05, 0.1) is 19.1 Å². The van der Waals surface area contributed by atoms with Crippen LogP contribution in [0.5, 0.6) is 0 Å². The molecule has 0 saturated heterocycles. The first kappa shape index (κ1) is 11.4. The van der Waals surface area contributed by atoms with Gasteiger partial charge in [-0.3, -0.25) is 4.79 Å². The van der Waals surface area contributed by atoms with Crippen molar-refractivity contribution in [1.29, 1.82) is 0 Å². The summed E-state index contributed by atoms with van der Waals surface area (Å²) in [7, 11) is 3.01. The number of carbonyl (C=O) groups is 1. The van der Waals surface area contributed by atoms with Gasteiger partial charge < -0.3 is 9.47 Å². The number of ether oxygens (including phenoxy) is 2. The average molecular weight is 174 g/mol. The predicted octanol–water partition coefficient (Wildman–Crippen LogP) is 1.47. The van der Waals surface area contributed by atoms with Crippen molar-refractivity contribution in [1.82, 2.24) is 0 Å².